The molecule has 2 aromatic rings. The van der Waals surface area contributed by atoms with Crippen LogP contribution in [0.3, 0.4) is 0 Å². The molecule has 0 atom stereocenters. The van der Waals surface area contributed by atoms with Gasteiger partial charge in [0.1, 0.15) is 0 Å². The largest absolute Gasteiger partial charge is 0.369 e. The molecule has 2 aliphatic heterocycles. The van der Waals surface area contributed by atoms with Crippen LogP contribution in [0, 0.1) is 0 Å². The Hall–Kier alpha value is -2.25. The fourth-order valence-corrected chi connectivity index (χ4v) is 5.24. The number of unbranched alkanes of at least 4 members (excludes halogenated alkanes) is 1. The van der Waals surface area contributed by atoms with Crippen molar-refractivity contribution in [2.45, 2.75) is 12.8 Å². The van der Waals surface area contributed by atoms with E-state index >= 15 is 0 Å². The maximum atomic E-state index is 4.52. The normalized spacial score (nSPS) is 18.5. The number of aliphatic imine (C=N–C) groups is 1. The van der Waals surface area contributed by atoms with Crippen molar-refractivity contribution >= 4 is 28.0 Å². The highest BCUT2D eigenvalue weighted by Crippen LogP contribution is 2.22. The van der Waals surface area contributed by atoms with Gasteiger partial charge in [0.25, 0.3) is 0 Å². The van der Waals surface area contributed by atoms with Crippen LogP contribution >= 0.6 is 11.3 Å². The number of rotatable bonds is 7. The minimum absolute atomic E-state index is 1.00. The van der Waals surface area contributed by atoms with E-state index in [1.165, 1.54) is 43.2 Å². The Morgan fingerprint density at radius 3 is 2.29 bits per heavy atom. The monoisotopic (exact) mass is 440 g/mol. The Morgan fingerprint density at radius 1 is 0.871 bits per heavy atom. The number of hydrogen-bond donors (Lipinski definition) is 1. The number of benzene rings is 1. The molecule has 1 N–H and O–H groups in total. The van der Waals surface area contributed by atoms with Gasteiger partial charge in [-0.05, 0) is 49.0 Å². The zero-order valence-corrected chi connectivity index (χ0v) is 19.6. The molecular formula is C24H36N6S. The smallest absolute Gasteiger partial charge is 0.193 e. The SMILES string of the molecule is CN=C(NCCCCN1CCN(c2ccccc2)CC1)N1CCN(c2cccs2)CC1. The Kier molecular flexibility index (Phi) is 8.07. The summed E-state index contributed by atoms with van der Waals surface area (Å²) in [4.78, 5) is 14.5. The summed E-state index contributed by atoms with van der Waals surface area (Å²) < 4.78 is 0. The molecule has 0 spiro atoms. The summed E-state index contributed by atoms with van der Waals surface area (Å²) in [5.74, 6) is 1.06. The first kappa shape index (κ1) is 22.0. The molecule has 1 aromatic carbocycles. The number of anilines is 2. The van der Waals surface area contributed by atoms with Crippen molar-refractivity contribution in [2.24, 2.45) is 4.99 Å². The average Bonchev–Trinajstić information content (AvgIpc) is 3.38. The molecule has 7 heteroatoms. The summed E-state index contributed by atoms with van der Waals surface area (Å²) in [7, 11) is 1.90. The van der Waals surface area contributed by atoms with E-state index in [1.807, 2.05) is 18.4 Å². The Labute approximate surface area is 191 Å². The van der Waals surface area contributed by atoms with Crippen molar-refractivity contribution in [3.63, 3.8) is 0 Å². The van der Waals surface area contributed by atoms with Gasteiger partial charge < -0.3 is 20.0 Å². The highest BCUT2D eigenvalue weighted by Gasteiger charge is 2.20. The van der Waals surface area contributed by atoms with Gasteiger partial charge in [0.05, 0.1) is 5.00 Å². The summed E-state index contributed by atoms with van der Waals surface area (Å²) >= 11 is 1.83. The van der Waals surface area contributed by atoms with E-state index in [1.54, 1.807) is 0 Å². The summed E-state index contributed by atoms with van der Waals surface area (Å²) in [5, 5.41) is 7.13. The first-order chi connectivity index (χ1) is 15.3. The summed E-state index contributed by atoms with van der Waals surface area (Å²) in [6.07, 6.45) is 2.43. The van der Waals surface area contributed by atoms with Crippen molar-refractivity contribution in [1.29, 1.82) is 0 Å². The van der Waals surface area contributed by atoms with Gasteiger partial charge in [-0.2, -0.15) is 0 Å². The predicted octanol–water partition coefficient (Wildman–Crippen LogP) is 3.05. The number of thiophene rings is 1. The molecule has 168 valence electrons. The molecule has 2 fully saturated rings. The van der Waals surface area contributed by atoms with E-state index in [2.05, 4.69) is 77.8 Å². The second kappa shape index (κ2) is 11.4. The van der Waals surface area contributed by atoms with Crippen molar-refractivity contribution in [1.82, 2.24) is 15.1 Å². The summed E-state index contributed by atoms with van der Waals surface area (Å²) in [6, 6.07) is 15.1. The third-order valence-corrected chi connectivity index (χ3v) is 7.22. The topological polar surface area (TPSA) is 37.4 Å². The number of guanidine groups is 1. The van der Waals surface area contributed by atoms with Crippen molar-refractivity contribution in [2.75, 3.05) is 82.3 Å². The van der Waals surface area contributed by atoms with Crippen LogP contribution < -0.4 is 15.1 Å². The van der Waals surface area contributed by atoms with E-state index < -0.39 is 0 Å². The van der Waals surface area contributed by atoms with Crippen LogP contribution in [0.4, 0.5) is 10.7 Å². The molecule has 0 amide bonds. The predicted molar refractivity (Wildman–Crippen MR) is 134 cm³/mol. The van der Waals surface area contributed by atoms with Gasteiger partial charge in [-0.15, -0.1) is 11.3 Å². The van der Waals surface area contributed by atoms with Crippen molar-refractivity contribution in [3.05, 3.63) is 47.8 Å². The summed E-state index contributed by atoms with van der Waals surface area (Å²) in [6.45, 7) is 11.0. The van der Waals surface area contributed by atoms with E-state index in [0.717, 1.165) is 51.8 Å². The number of piperazine rings is 2. The third-order valence-electron chi connectivity index (χ3n) is 6.29. The van der Waals surface area contributed by atoms with Gasteiger partial charge >= 0.3 is 0 Å². The fourth-order valence-electron chi connectivity index (χ4n) is 4.45. The zero-order chi connectivity index (χ0) is 21.3. The van der Waals surface area contributed by atoms with Crippen molar-refractivity contribution in [3.8, 4) is 0 Å². The Bertz CT molecular complexity index is 778. The highest BCUT2D eigenvalue weighted by atomic mass is 32.1. The molecule has 0 unspecified atom stereocenters. The van der Waals surface area contributed by atoms with Crippen LogP contribution in [-0.4, -0.2) is 88.3 Å². The number of nitrogens with zero attached hydrogens (tertiary/aromatic N) is 5. The maximum absolute atomic E-state index is 4.52. The van der Waals surface area contributed by atoms with Crippen LogP contribution in [0.25, 0.3) is 0 Å². The number of hydrogen-bond acceptors (Lipinski definition) is 5. The maximum Gasteiger partial charge on any atom is 0.193 e. The first-order valence-corrected chi connectivity index (χ1v) is 12.5. The standard InChI is InChI=1S/C24H36N6S/c1-25-24(30-19-17-29(18-20-30)23-10-7-21-31-23)26-11-5-6-12-27-13-15-28(16-14-27)22-8-3-2-4-9-22/h2-4,7-10,21H,5-6,11-20H2,1H3,(H,25,26). The molecule has 0 radical (unpaired) electrons. The molecule has 6 nitrogen and oxygen atoms in total. The van der Waals surface area contributed by atoms with Crippen molar-refractivity contribution < 1.29 is 0 Å². The van der Waals surface area contributed by atoms with Crippen LogP contribution in [-0.2, 0) is 0 Å². The minimum atomic E-state index is 1.00. The van der Waals surface area contributed by atoms with Gasteiger partial charge in [0, 0.05) is 71.6 Å². The van der Waals surface area contributed by atoms with Gasteiger partial charge in [0.15, 0.2) is 5.96 Å². The van der Waals surface area contributed by atoms with E-state index in [4.69, 9.17) is 0 Å². The molecule has 0 bridgehead atoms. The highest BCUT2D eigenvalue weighted by molar-refractivity contribution is 7.14. The average molecular weight is 441 g/mol. The molecule has 2 aliphatic rings. The molecule has 0 aliphatic carbocycles. The zero-order valence-electron chi connectivity index (χ0n) is 18.7. The molecule has 1 aromatic heterocycles. The summed E-state index contributed by atoms with van der Waals surface area (Å²) in [5.41, 5.74) is 1.36. The van der Waals surface area contributed by atoms with Gasteiger partial charge in [-0.3, -0.25) is 9.89 Å². The quantitative estimate of drug-likeness (QED) is 0.407. The molecule has 0 saturated carbocycles. The van der Waals surface area contributed by atoms with Gasteiger partial charge in [-0.25, -0.2) is 0 Å². The number of para-hydroxylation sites is 1. The molecule has 2 saturated heterocycles. The lowest BCUT2D eigenvalue weighted by atomic mass is 10.2. The lowest BCUT2D eigenvalue weighted by molar-refractivity contribution is 0.253. The third kappa shape index (κ3) is 6.14. The second-order valence-corrected chi connectivity index (χ2v) is 9.20. The lowest BCUT2D eigenvalue weighted by Crippen LogP contribution is -2.52. The van der Waals surface area contributed by atoms with Gasteiger partial charge in [0.2, 0.25) is 0 Å². The van der Waals surface area contributed by atoms with E-state index in [-0.39, 0.29) is 0 Å². The minimum Gasteiger partial charge on any atom is -0.369 e. The number of nitrogens with one attached hydrogen (secondary N) is 1. The molecule has 31 heavy (non-hydrogen) atoms. The Balaban J connectivity index is 1.09. The van der Waals surface area contributed by atoms with Gasteiger partial charge in [-0.1, -0.05) is 18.2 Å². The van der Waals surface area contributed by atoms with Crippen LogP contribution in [0.5, 0.6) is 0 Å². The molecule has 3 heterocycles. The fraction of sp³-hybridized carbons (Fsp3) is 0.542. The second-order valence-electron chi connectivity index (χ2n) is 8.27. The molecule has 4 rings (SSSR count). The van der Waals surface area contributed by atoms with Crippen LogP contribution in [0.1, 0.15) is 12.8 Å². The van der Waals surface area contributed by atoms with E-state index in [9.17, 15) is 0 Å². The lowest BCUT2D eigenvalue weighted by Gasteiger charge is -2.37. The molecular weight excluding hydrogens is 404 g/mol. The van der Waals surface area contributed by atoms with Crippen LogP contribution in [0.2, 0.25) is 0 Å². The first-order valence-electron chi connectivity index (χ1n) is 11.6. The Morgan fingerprint density at radius 2 is 1.61 bits per heavy atom. The van der Waals surface area contributed by atoms with Crippen LogP contribution in [0.15, 0.2) is 52.8 Å². The van der Waals surface area contributed by atoms with E-state index in [0.29, 0.717) is 0 Å².